The number of hydrogen-bond acceptors (Lipinski definition) is 5. The van der Waals surface area contributed by atoms with Gasteiger partial charge in [0.15, 0.2) is 0 Å². The molecular weight excluding hydrogens is 430 g/mol. The number of carbonyl (C=O) groups is 3. The average Bonchev–Trinajstić information content (AvgIpc) is 3.04. The summed E-state index contributed by atoms with van der Waals surface area (Å²) in [7, 11) is 1.55. The van der Waals surface area contributed by atoms with Crippen molar-refractivity contribution in [3.05, 3.63) is 58.1 Å². The first-order chi connectivity index (χ1) is 15.2. The minimum atomic E-state index is -0.748. The van der Waals surface area contributed by atoms with Gasteiger partial charge < -0.3 is 10.1 Å². The molecule has 1 aliphatic rings. The summed E-state index contributed by atoms with van der Waals surface area (Å²) >= 11 is 6.20. The predicted octanol–water partition coefficient (Wildman–Crippen LogP) is 3.48. The average molecular weight is 458 g/mol. The summed E-state index contributed by atoms with van der Waals surface area (Å²) in [5, 5.41) is 3.40. The van der Waals surface area contributed by atoms with E-state index in [-0.39, 0.29) is 30.7 Å². The summed E-state index contributed by atoms with van der Waals surface area (Å²) in [6.45, 7) is 6.39. The molecule has 1 saturated heterocycles. The van der Waals surface area contributed by atoms with Crippen molar-refractivity contribution in [1.82, 2.24) is 4.90 Å². The zero-order chi connectivity index (χ0) is 23.4. The number of anilines is 2. The van der Waals surface area contributed by atoms with Gasteiger partial charge in [-0.05, 0) is 55.7 Å². The highest BCUT2D eigenvalue weighted by atomic mass is 35.5. The van der Waals surface area contributed by atoms with Crippen molar-refractivity contribution in [1.29, 1.82) is 0 Å². The second kappa shape index (κ2) is 10.3. The Morgan fingerprint density at radius 3 is 2.62 bits per heavy atom. The Morgan fingerprint density at radius 1 is 1.19 bits per heavy atom. The Balaban J connectivity index is 1.78. The van der Waals surface area contributed by atoms with E-state index in [2.05, 4.69) is 5.32 Å². The van der Waals surface area contributed by atoms with Crippen molar-refractivity contribution in [3.8, 4) is 0 Å². The molecule has 1 heterocycles. The number of rotatable bonds is 8. The maximum Gasteiger partial charge on any atom is 0.251 e. The molecule has 0 aromatic heterocycles. The van der Waals surface area contributed by atoms with Gasteiger partial charge in [0.25, 0.3) is 5.91 Å². The number of benzene rings is 2. The fourth-order valence-electron chi connectivity index (χ4n) is 3.71. The summed E-state index contributed by atoms with van der Waals surface area (Å²) in [5.41, 5.74) is 4.08. The zero-order valence-corrected chi connectivity index (χ0v) is 19.5. The van der Waals surface area contributed by atoms with Crippen LogP contribution in [0.2, 0.25) is 5.02 Å². The molecule has 0 aliphatic carbocycles. The minimum absolute atomic E-state index is 0.00913. The third kappa shape index (κ3) is 5.18. The molecule has 1 aliphatic heterocycles. The lowest BCUT2D eigenvalue weighted by Gasteiger charge is -2.26. The lowest BCUT2D eigenvalue weighted by molar-refractivity contribution is -0.124. The van der Waals surface area contributed by atoms with Crippen molar-refractivity contribution < 1.29 is 19.1 Å². The van der Waals surface area contributed by atoms with Gasteiger partial charge in [0.05, 0.1) is 31.3 Å². The molecule has 32 heavy (non-hydrogen) atoms. The monoisotopic (exact) mass is 457 g/mol. The van der Waals surface area contributed by atoms with Gasteiger partial charge in [-0.1, -0.05) is 29.8 Å². The van der Waals surface area contributed by atoms with E-state index in [9.17, 15) is 14.4 Å². The number of methoxy groups -OCH3 is 1. The van der Waals surface area contributed by atoms with Crippen molar-refractivity contribution in [2.24, 2.45) is 0 Å². The number of nitrogens with one attached hydrogen (secondary N) is 1. The SMILES string of the molecule is COCCN(CC(=O)Nc1cccc(C)c1C)[C@@H]1CC(=O)N(c2ccc(C)c(Cl)c2)C1=O. The van der Waals surface area contributed by atoms with Crippen LogP contribution >= 0.6 is 11.6 Å². The normalized spacial score (nSPS) is 16.2. The number of aryl methyl sites for hydroxylation is 2. The smallest absolute Gasteiger partial charge is 0.251 e. The molecule has 8 heteroatoms. The molecule has 170 valence electrons. The molecular formula is C24H28ClN3O4. The third-order valence-corrected chi connectivity index (χ3v) is 6.19. The standard InChI is InChI=1S/C24H28ClN3O4/c1-15-6-5-7-20(17(15)3)26-22(29)14-27(10-11-32-4)21-13-23(30)28(24(21)31)18-9-8-16(2)19(25)12-18/h5-9,12,21H,10-11,13-14H2,1-4H3,(H,26,29)/t21-/m1/s1. The van der Waals surface area contributed by atoms with E-state index in [0.29, 0.717) is 23.9 Å². The van der Waals surface area contributed by atoms with Crippen LogP contribution in [0.25, 0.3) is 0 Å². The second-order valence-electron chi connectivity index (χ2n) is 7.98. The fraction of sp³-hybridized carbons (Fsp3) is 0.375. The first kappa shape index (κ1) is 23.9. The van der Waals surface area contributed by atoms with E-state index in [1.165, 1.54) is 0 Å². The largest absolute Gasteiger partial charge is 0.383 e. The Labute approximate surface area is 193 Å². The van der Waals surface area contributed by atoms with Crippen LogP contribution in [0.3, 0.4) is 0 Å². The van der Waals surface area contributed by atoms with Gasteiger partial charge in [0.2, 0.25) is 11.8 Å². The molecule has 2 aromatic carbocycles. The van der Waals surface area contributed by atoms with Crippen molar-refractivity contribution in [2.45, 2.75) is 33.2 Å². The topological polar surface area (TPSA) is 79.0 Å². The van der Waals surface area contributed by atoms with Crippen LogP contribution in [0, 0.1) is 20.8 Å². The number of carbonyl (C=O) groups excluding carboxylic acids is 3. The first-order valence-corrected chi connectivity index (χ1v) is 10.8. The molecule has 1 N–H and O–H groups in total. The molecule has 1 atom stereocenters. The van der Waals surface area contributed by atoms with Crippen LogP contribution in [0.1, 0.15) is 23.1 Å². The van der Waals surface area contributed by atoms with E-state index in [0.717, 1.165) is 27.3 Å². The van der Waals surface area contributed by atoms with Gasteiger partial charge >= 0.3 is 0 Å². The van der Waals surface area contributed by atoms with Gasteiger partial charge in [-0.3, -0.25) is 19.3 Å². The zero-order valence-electron chi connectivity index (χ0n) is 18.8. The molecule has 2 aromatic rings. The summed E-state index contributed by atoms with van der Waals surface area (Å²) in [6.07, 6.45) is -0.00913. The molecule has 0 bridgehead atoms. The minimum Gasteiger partial charge on any atom is -0.383 e. The van der Waals surface area contributed by atoms with Crippen molar-refractivity contribution in [2.75, 3.05) is 37.0 Å². The number of nitrogens with zero attached hydrogens (tertiary/aromatic N) is 2. The van der Waals surface area contributed by atoms with Crippen LogP contribution in [0.15, 0.2) is 36.4 Å². The Bertz CT molecular complexity index is 1040. The van der Waals surface area contributed by atoms with E-state index >= 15 is 0 Å². The van der Waals surface area contributed by atoms with E-state index in [1.807, 2.05) is 39.0 Å². The molecule has 1 fully saturated rings. The van der Waals surface area contributed by atoms with E-state index < -0.39 is 6.04 Å². The number of hydrogen-bond donors (Lipinski definition) is 1. The molecule has 3 rings (SSSR count). The highest BCUT2D eigenvalue weighted by molar-refractivity contribution is 6.32. The maximum atomic E-state index is 13.2. The Morgan fingerprint density at radius 2 is 1.94 bits per heavy atom. The molecule has 0 unspecified atom stereocenters. The lowest BCUT2D eigenvalue weighted by Crippen LogP contribution is -2.47. The van der Waals surface area contributed by atoms with E-state index in [1.54, 1.807) is 30.2 Å². The van der Waals surface area contributed by atoms with Crippen LogP contribution in [-0.4, -0.2) is 55.5 Å². The number of imide groups is 1. The summed E-state index contributed by atoms with van der Waals surface area (Å²) in [4.78, 5) is 41.6. The van der Waals surface area contributed by atoms with Gasteiger partial charge in [0.1, 0.15) is 0 Å². The van der Waals surface area contributed by atoms with Crippen LogP contribution in [-0.2, 0) is 19.1 Å². The number of ether oxygens (including phenoxy) is 1. The number of amides is 3. The summed E-state index contributed by atoms with van der Waals surface area (Å²) in [6, 6.07) is 10.0. The van der Waals surface area contributed by atoms with Crippen molar-refractivity contribution >= 4 is 40.7 Å². The molecule has 3 amide bonds. The van der Waals surface area contributed by atoms with Crippen LogP contribution in [0.4, 0.5) is 11.4 Å². The summed E-state index contributed by atoms with van der Waals surface area (Å²) in [5.74, 6) is -0.949. The quantitative estimate of drug-likeness (QED) is 0.614. The highest BCUT2D eigenvalue weighted by Crippen LogP contribution is 2.29. The van der Waals surface area contributed by atoms with Crippen LogP contribution < -0.4 is 10.2 Å². The molecule has 7 nitrogen and oxygen atoms in total. The lowest BCUT2D eigenvalue weighted by atomic mass is 10.1. The van der Waals surface area contributed by atoms with Gasteiger partial charge in [-0.15, -0.1) is 0 Å². The van der Waals surface area contributed by atoms with E-state index in [4.69, 9.17) is 16.3 Å². The second-order valence-corrected chi connectivity index (χ2v) is 8.39. The fourth-order valence-corrected chi connectivity index (χ4v) is 3.88. The Kier molecular flexibility index (Phi) is 7.66. The summed E-state index contributed by atoms with van der Waals surface area (Å²) < 4.78 is 5.17. The molecule has 0 spiro atoms. The van der Waals surface area contributed by atoms with Crippen LogP contribution in [0.5, 0.6) is 0 Å². The third-order valence-electron chi connectivity index (χ3n) is 5.79. The molecule has 0 radical (unpaired) electrons. The van der Waals surface area contributed by atoms with Gasteiger partial charge in [-0.25, -0.2) is 4.90 Å². The van der Waals surface area contributed by atoms with Crippen molar-refractivity contribution in [3.63, 3.8) is 0 Å². The van der Waals surface area contributed by atoms with Gasteiger partial charge in [0, 0.05) is 24.4 Å². The van der Waals surface area contributed by atoms with Gasteiger partial charge in [-0.2, -0.15) is 0 Å². The molecule has 0 saturated carbocycles. The number of halogens is 1. The first-order valence-electron chi connectivity index (χ1n) is 10.4. The maximum absolute atomic E-state index is 13.2. The predicted molar refractivity (Wildman–Crippen MR) is 125 cm³/mol. The highest BCUT2D eigenvalue weighted by Gasteiger charge is 2.43. The Hall–Kier alpha value is -2.74.